The first kappa shape index (κ1) is 20.9. The van der Waals surface area contributed by atoms with Crippen LogP contribution in [0.5, 0.6) is 0 Å². The van der Waals surface area contributed by atoms with Crippen LogP contribution in [0.1, 0.15) is 22.8 Å². The van der Waals surface area contributed by atoms with E-state index in [-0.39, 0.29) is 30.8 Å². The Bertz CT molecular complexity index is 1430. The minimum atomic E-state index is -2.76. The van der Waals surface area contributed by atoms with E-state index in [1.54, 1.807) is 31.6 Å². The predicted molar refractivity (Wildman–Crippen MR) is 118 cm³/mol. The molecule has 1 saturated heterocycles. The van der Waals surface area contributed by atoms with Crippen LogP contribution in [0.3, 0.4) is 0 Å². The van der Waals surface area contributed by atoms with Gasteiger partial charge in [0.2, 0.25) is 0 Å². The number of hydrogen-bond donors (Lipinski definition) is 3. The molecule has 10 nitrogen and oxygen atoms in total. The molecule has 6 rings (SSSR count). The zero-order chi connectivity index (χ0) is 23.6. The number of amides is 1. The number of carbonyl (C=O) groups excluding carboxylic acids is 1. The minimum Gasteiger partial charge on any atom is -0.388 e. The van der Waals surface area contributed by atoms with Gasteiger partial charge in [0.05, 0.1) is 37.3 Å². The van der Waals surface area contributed by atoms with Crippen LogP contribution >= 0.6 is 0 Å². The van der Waals surface area contributed by atoms with Gasteiger partial charge in [-0.15, -0.1) is 0 Å². The lowest BCUT2D eigenvalue weighted by Gasteiger charge is -2.14. The second kappa shape index (κ2) is 7.43. The first-order valence-electron chi connectivity index (χ1n) is 10.8. The molecule has 1 amide bonds. The van der Waals surface area contributed by atoms with E-state index in [0.29, 0.717) is 28.1 Å². The van der Waals surface area contributed by atoms with Crippen molar-refractivity contribution in [1.29, 1.82) is 0 Å². The van der Waals surface area contributed by atoms with Crippen molar-refractivity contribution < 1.29 is 23.4 Å². The number of ether oxygens (including phenoxy) is 1. The number of anilines is 1. The molecule has 1 saturated carbocycles. The summed E-state index contributed by atoms with van der Waals surface area (Å²) in [5.74, 6) is -2.65. The van der Waals surface area contributed by atoms with Gasteiger partial charge in [-0.2, -0.15) is 9.61 Å². The van der Waals surface area contributed by atoms with Crippen LogP contribution in [-0.2, 0) is 4.74 Å². The quantitative estimate of drug-likeness (QED) is 0.408. The maximum absolute atomic E-state index is 13.9. The van der Waals surface area contributed by atoms with E-state index in [4.69, 9.17) is 4.74 Å². The Morgan fingerprint density at radius 1 is 1.32 bits per heavy atom. The zero-order valence-corrected chi connectivity index (χ0v) is 18.1. The number of carbonyl (C=O) groups is 1. The number of rotatable bonds is 5. The van der Waals surface area contributed by atoms with Crippen molar-refractivity contribution in [2.45, 2.75) is 30.5 Å². The molecule has 0 unspecified atom stereocenters. The highest BCUT2D eigenvalue weighted by Crippen LogP contribution is 2.54. The summed E-state index contributed by atoms with van der Waals surface area (Å²) < 4.78 is 36.0. The average molecular weight is 469 g/mol. The number of alkyl halides is 2. The molecule has 4 aromatic rings. The standard InChI is InChI=1S/C22H21F2N7O3/c1-25-18-5-14(13-8-30(17-6-22(17,23)24)19-11(13)3-2-4-26-19)28-20-12(7-27-31(18)20)21(33)29-15-9-34-10-16(15)32/h2-5,7-8,15-17,25,32H,6,9-10H2,1H3,(H,29,33)/t15-,16+,17+/m1/s1. The molecule has 0 spiro atoms. The van der Waals surface area contributed by atoms with Crippen LogP contribution < -0.4 is 10.6 Å². The van der Waals surface area contributed by atoms with E-state index in [1.807, 2.05) is 6.07 Å². The van der Waals surface area contributed by atoms with Crippen molar-refractivity contribution in [2.24, 2.45) is 0 Å². The summed E-state index contributed by atoms with van der Waals surface area (Å²) in [6.45, 7) is 0.370. The number of aliphatic hydroxyl groups is 1. The maximum Gasteiger partial charge on any atom is 0.270 e. The van der Waals surface area contributed by atoms with E-state index in [1.165, 1.54) is 15.3 Å². The number of nitrogens with one attached hydrogen (secondary N) is 2. The fraction of sp³-hybridized carbons (Fsp3) is 0.364. The Morgan fingerprint density at radius 3 is 2.85 bits per heavy atom. The number of hydrogen-bond acceptors (Lipinski definition) is 7. The second-order valence-electron chi connectivity index (χ2n) is 8.56. The van der Waals surface area contributed by atoms with E-state index >= 15 is 0 Å². The van der Waals surface area contributed by atoms with Gasteiger partial charge >= 0.3 is 0 Å². The van der Waals surface area contributed by atoms with Crippen LogP contribution in [0.15, 0.2) is 36.8 Å². The minimum absolute atomic E-state index is 0.157. The number of aliphatic hydroxyl groups excluding tert-OH is 1. The van der Waals surface area contributed by atoms with E-state index < -0.39 is 30.0 Å². The highest BCUT2D eigenvalue weighted by molar-refractivity contribution is 6.01. The second-order valence-corrected chi connectivity index (χ2v) is 8.56. The van der Waals surface area contributed by atoms with Crippen molar-refractivity contribution >= 4 is 28.4 Å². The average Bonchev–Trinajstić information content (AvgIpc) is 3.22. The summed E-state index contributed by atoms with van der Waals surface area (Å²) in [5, 5.41) is 20.7. The van der Waals surface area contributed by atoms with Crippen molar-refractivity contribution in [1.82, 2.24) is 29.5 Å². The predicted octanol–water partition coefficient (Wildman–Crippen LogP) is 1.86. The van der Waals surface area contributed by atoms with Gasteiger partial charge in [-0.3, -0.25) is 4.79 Å². The molecule has 34 heavy (non-hydrogen) atoms. The summed E-state index contributed by atoms with van der Waals surface area (Å²) in [4.78, 5) is 22.0. The Balaban J connectivity index is 1.47. The van der Waals surface area contributed by atoms with Crippen LogP contribution in [0.25, 0.3) is 27.9 Å². The summed E-state index contributed by atoms with van der Waals surface area (Å²) in [5.41, 5.74) is 2.06. The molecule has 2 aliphatic rings. The number of aromatic nitrogens is 5. The van der Waals surface area contributed by atoms with Gasteiger partial charge in [-0.1, -0.05) is 0 Å². The lowest BCUT2D eigenvalue weighted by molar-refractivity contribution is 0.0887. The van der Waals surface area contributed by atoms with Crippen molar-refractivity contribution in [3.63, 3.8) is 0 Å². The molecule has 0 radical (unpaired) electrons. The van der Waals surface area contributed by atoms with Crippen LogP contribution in [0.2, 0.25) is 0 Å². The van der Waals surface area contributed by atoms with E-state index in [0.717, 1.165) is 0 Å². The maximum atomic E-state index is 13.9. The third-order valence-corrected chi connectivity index (χ3v) is 6.33. The molecule has 0 bridgehead atoms. The van der Waals surface area contributed by atoms with E-state index in [2.05, 4.69) is 25.7 Å². The molecule has 5 heterocycles. The topological polar surface area (TPSA) is 119 Å². The fourth-order valence-corrected chi connectivity index (χ4v) is 4.39. The lowest BCUT2D eigenvalue weighted by atomic mass is 10.1. The van der Waals surface area contributed by atoms with Crippen molar-refractivity contribution in [3.05, 3.63) is 42.4 Å². The first-order chi connectivity index (χ1) is 16.4. The van der Waals surface area contributed by atoms with Gasteiger partial charge in [-0.25, -0.2) is 18.7 Å². The fourth-order valence-electron chi connectivity index (χ4n) is 4.39. The zero-order valence-electron chi connectivity index (χ0n) is 18.1. The molecular weight excluding hydrogens is 448 g/mol. The van der Waals surface area contributed by atoms with Gasteiger partial charge in [0.25, 0.3) is 11.8 Å². The summed E-state index contributed by atoms with van der Waals surface area (Å²) in [6.07, 6.45) is 3.59. The van der Waals surface area contributed by atoms with E-state index in [9.17, 15) is 18.7 Å². The third-order valence-electron chi connectivity index (χ3n) is 6.33. The normalized spacial score (nSPS) is 23.5. The molecule has 0 aromatic carbocycles. The molecule has 12 heteroatoms. The van der Waals surface area contributed by atoms with Gasteiger partial charge in [0.1, 0.15) is 23.1 Å². The molecule has 176 valence electrons. The smallest absolute Gasteiger partial charge is 0.270 e. The van der Waals surface area contributed by atoms with Gasteiger partial charge < -0.3 is 25.0 Å². The molecule has 3 N–H and O–H groups in total. The Kier molecular flexibility index (Phi) is 4.58. The van der Waals surface area contributed by atoms with Crippen molar-refractivity contribution in [3.8, 4) is 11.3 Å². The number of pyridine rings is 1. The first-order valence-corrected chi connectivity index (χ1v) is 10.8. The molecule has 4 aromatic heterocycles. The van der Waals surface area contributed by atoms with Gasteiger partial charge in [-0.05, 0) is 12.1 Å². The summed E-state index contributed by atoms with van der Waals surface area (Å²) in [7, 11) is 1.71. The summed E-state index contributed by atoms with van der Waals surface area (Å²) >= 11 is 0. The lowest BCUT2D eigenvalue weighted by Crippen LogP contribution is -2.42. The number of fused-ring (bicyclic) bond motifs is 2. The SMILES string of the molecule is CNc1cc(-c2cn([C@H]3CC3(F)F)c3ncccc23)nc2c(C(=O)N[C@@H]3COC[C@@H]3O)cnn12. The molecule has 2 fully saturated rings. The third kappa shape index (κ3) is 3.21. The number of nitrogens with zero attached hydrogens (tertiary/aromatic N) is 5. The summed E-state index contributed by atoms with van der Waals surface area (Å²) in [6, 6.07) is 3.82. The Hall–Kier alpha value is -3.64. The highest BCUT2D eigenvalue weighted by atomic mass is 19.3. The number of halogens is 2. The Labute approximate surface area is 191 Å². The van der Waals surface area contributed by atoms with Crippen molar-refractivity contribution in [2.75, 3.05) is 25.6 Å². The Morgan fingerprint density at radius 2 is 2.15 bits per heavy atom. The monoisotopic (exact) mass is 469 g/mol. The van der Waals surface area contributed by atoms with Crippen LogP contribution in [0.4, 0.5) is 14.6 Å². The molecule has 1 aliphatic carbocycles. The largest absolute Gasteiger partial charge is 0.388 e. The molecule has 1 aliphatic heterocycles. The van der Waals surface area contributed by atoms with Crippen LogP contribution in [-0.4, -0.2) is 73.5 Å². The molecule has 3 atom stereocenters. The molecular formula is C22H21F2N7O3. The van der Waals surface area contributed by atoms with Crippen LogP contribution in [0, 0.1) is 0 Å². The van der Waals surface area contributed by atoms with Gasteiger partial charge in [0.15, 0.2) is 5.65 Å². The van der Waals surface area contributed by atoms with Gasteiger partial charge in [0, 0.05) is 42.9 Å². The highest BCUT2D eigenvalue weighted by Gasteiger charge is 2.58.